The van der Waals surface area contributed by atoms with Gasteiger partial charge in [0.2, 0.25) is 11.8 Å². The summed E-state index contributed by atoms with van der Waals surface area (Å²) in [6.45, 7) is 1.04. The second-order valence-corrected chi connectivity index (χ2v) is 11.5. The maximum absolute atomic E-state index is 13.2. The van der Waals surface area contributed by atoms with Gasteiger partial charge in [0.15, 0.2) is 0 Å². The summed E-state index contributed by atoms with van der Waals surface area (Å²) in [6, 6.07) is -1.40. The predicted octanol–water partition coefficient (Wildman–Crippen LogP) is 2.50. The summed E-state index contributed by atoms with van der Waals surface area (Å²) in [5, 5.41) is 19.0. The molecule has 4 aliphatic carbocycles. The zero-order chi connectivity index (χ0) is 22.7. The molecule has 0 aromatic carbocycles. The van der Waals surface area contributed by atoms with Gasteiger partial charge >= 0.3 is 11.9 Å². The highest BCUT2D eigenvalue weighted by molar-refractivity contribution is 5.85. The molecular formula is C24H34N2O6. The summed E-state index contributed by atoms with van der Waals surface area (Å²) in [6.07, 6.45) is 9.29. The van der Waals surface area contributed by atoms with Gasteiger partial charge in [-0.1, -0.05) is 0 Å². The van der Waals surface area contributed by atoms with Gasteiger partial charge in [0.1, 0.15) is 12.1 Å². The first kappa shape index (κ1) is 21.7. The summed E-state index contributed by atoms with van der Waals surface area (Å²) in [5.41, 5.74) is -0.269. The number of nitrogens with zero attached hydrogens (tertiary/aromatic N) is 2. The topological polar surface area (TPSA) is 115 Å². The minimum absolute atomic E-state index is 0.0381. The number of likely N-dealkylation sites (tertiary alicyclic amines) is 2. The molecule has 176 valence electrons. The average molecular weight is 447 g/mol. The third-order valence-electron chi connectivity index (χ3n) is 9.07. The molecule has 2 unspecified atom stereocenters. The molecule has 6 fully saturated rings. The predicted molar refractivity (Wildman–Crippen MR) is 114 cm³/mol. The summed E-state index contributed by atoms with van der Waals surface area (Å²) >= 11 is 0. The maximum atomic E-state index is 13.2. The van der Waals surface area contributed by atoms with E-state index in [4.69, 9.17) is 0 Å². The van der Waals surface area contributed by atoms with E-state index in [1.54, 1.807) is 9.80 Å². The van der Waals surface area contributed by atoms with Gasteiger partial charge in [0, 0.05) is 25.9 Å². The zero-order valence-electron chi connectivity index (χ0n) is 18.6. The van der Waals surface area contributed by atoms with Gasteiger partial charge in [0.05, 0.1) is 0 Å². The van der Waals surface area contributed by atoms with Crippen molar-refractivity contribution in [1.29, 1.82) is 0 Å². The molecule has 2 aliphatic heterocycles. The first-order valence-corrected chi connectivity index (χ1v) is 12.2. The number of carbonyl (C=O) groups is 4. The van der Waals surface area contributed by atoms with E-state index in [0.29, 0.717) is 50.6 Å². The first-order chi connectivity index (χ1) is 15.2. The van der Waals surface area contributed by atoms with Crippen LogP contribution in [0.4, 0.5) is 0 Å². The van der Waals surface area contributed by atoms with Crippen LogP contribution in [0.15, 0.2) is 0 Å². The number of carboxylic acids is 2. The molecule has 0 radical (unpaired) electrons. The Hall–Kier alpha value is -2.12. The molecule has 8 heteroatoms. The van der Waals surface area contributed by atoms with Crippen molar-refractivity contribution in [3.63, 3.8) is 0 Å². The van der Waals surface area contributed by atoms with Crippen molar-refractivity contribution in [2.75, 3.05) is 13.1 Å². The molecule has 2 saturated heterocycles. The minimum Gasteiger partial charge on any atom is -0.480 e. The number of carbonyl (C=O) groups excluding carboxylic acids is 2. The van der Waals surface area contributed by atoms with Gasteiger partial charge in [-0.3, -0.25) is 9.59 Å². The average Bonchev–Trinajstić information content (AvgIpc) is 3.36. The van der Waals surface area contributed by atoms with Gasteiger partial charge in [-0.15, -0.1) is 0 Å². The number of hydrogen-bond donors (Lipinski definition) is 2. The molecule has 0 spiro atoms. The summed E-state index contributed by atoms with van der Waals surface area (Å²) < 4.78 is 0. The fraction of sp³-hybridized carbons (Fsp3) is 0.833. The molecule has 6 rings (SSSR count). The molecule has 4 bridgehead atoms. The lowest BCUT2D eigenvalue weighted by atomic mass is 9.43. The van der Waals surface area contributed by atoms with Crippen LogP contribution in [0.3, 0.4) is 0 Å². The van der Waals surface area contributed by atoms with Crippen molar-refractivity contribution in [2.45, 2.75) is 89.1 Å². The van der Waals surface area contributed by atoms with E-state index in [2.05, 4.69) is 0 Å². The fourth-order valence-electron chi connectivity index (χ4n) is 8.55. The Bertz CT molecular complexity index is 762. The third kappa shape index (κ3) is 3.69. The fourth-order valence-corrected chi connectivity index (χ4v) is 8.55. The molecule has 2 atom stereocenters. The van der Waals surface area contributed by atoms with Crippen LogP contribution in [0.25, 0.3) is 0 Å². The summed E-state index contributed by atoms with van der Waals surface area (Å²) in [4.78, 5) is 52.7. The SMILES string of the molecule is O=C(O)C1CCCN1C(=O)CC12CC3CC(C1)CC(CC(=O)N1CCCC1C(=O)O)(C3)C2. The molecule has 2 heterocycles. The lowest BCUT2D eigenvalue weighted by Crippen LogP contribution is -2.55. The van der Waals surface area contributed by atoms with E-state index in [-0.39, 0.29) is 22.6 Å². The van der Waals surface area contributed by atoms with Crippen molar-refractivity contribution in [3.05, 3.63) is 0 Å². The van der Waals surface area contributed by atoms with Crippen LogP contribution in [0, 0.1) is 22.7 Å². The normalized spacial score (nSPS) is 40.1. The van der Waals surface area contributed by atoms with Gasteiger partial charge in [-0.2, -0.15) is 0 Å². The van der Waals surface area contributed by atoms with Crippen molar-refractivity contribution in [2.24, 2.45) is 22.7 Å². The molecule has 2 amide bonds. The molecule has 32 heavy (non-hydrogen) atoms. The monoisotopic (exact) mass is 446 g/mol. The molecular weight excluding hydrogens is 412 g/mol. The number of hydrogen-bond acceptors (Lipinski definition) is 4. The lowest BCUT2D eigenvalue weighted by molar-refractivity contribution is -0.161. The largest absolute Gasteiger partial charge is 0.480 e. The Morgan fingerprint density at radius 1 is 0.719 bits per heavy atom. The van der Waals surface area contributed by atoms with Crippen molar-refractivity contribution in [3.8, 4) is 0 Å². The quantitative estimate of drug-likeness (QED) is 0.648. The van der Waals surface area contributed by atoms with Crippen LogP contribution in [0.1, 0.15) is 77.0 Å². The molecule has 0 aromatic heterocycles. The second-order valence-electron chi connectivity index (χ2n) is 11.5. The van der Waals surface area contributed by atoms with Crippen molar-refractivity contribution < 1.29 is 29.4 Å². The van der Waals surface area contributed by atoms with E-state index in [9.17, 15) is 29.4 Å². The van der Waals surface area contributed by atoms with Gasteiger partial charge in [-0.25, -0.2) is 9.59 Å². The Morgan fingerprint density at radius 2 is 1.12 bits per heavy atom. The third-order valence-corrected chi connectivity index (χ3v) is 9.07. The summed E-state index contributed by atoms with van der Waals surface area (Å²) in [5.74, 6) is -0.879. The smallest absolute Gasteiger partial charge is 0.326 e. The number of aliphatic carboxylic acids is 2. The van der Waals surface area contributed by atoms with E-state index in [0.717, 1.165) is 51.4 Å². The van der Waals surface area contributed by atoms with Crippen molar-refractivity contribution in [1.82, 2.24) is 9.80 Å². The van der Waals surface area contributed by atoms with Gasteiger partial charge in [0.25, 0.3) is 0 Å². The highest BCUT2D eigenvalue weighted by Crippen LogP contribution is 2.67. The Balaban J connectivity index is 1.32. The molecule has 0 aromatic rings. The number of amides is 2. The molecule has 8 nitrogen and oxygen atoms in total. The standard InChI is InChI=1S/C24H34N2O6/c27-19(25-5-1-3-17(25)21(29)30)12-23-8-15-7-16(9-23)11-24(10-15,14-23)13-20(28)26-6-2-4-18(26)22(31)32/h15-18H,1-14H2,(H,29,30)(H,31,32). The van der Waals surface area contributed by atoms with Gasteiger partial charge in [-0.05, 0) is 86.9 Å². The number of carboxylic acid groups (broad SMARTS) is 2. The van der Waals surface area contributed by atoms with Crippen LogP contribution in [-0.2, 0) is 19.2 Å². The van der Waals surface area contributed by atoms with Crippen LogP contribution in [-0.4, -0.2) is 68.9 Å². The maximum Gasteiger partial charge on any atom is 0.326 e. The van der Waals surface area contributed by atoms with E-state index < -0.39 is 24.0 Å². The van der Waals surface area contributed by atoms with Gasteiger partial charge < -0.3 is 20.0 Å². The van der Waals surface area contributed by atoms with E-state index in [1.807, 2.05) is 0 Å². The molecule has 6 aliphatic rings. The second kappa shape index (κ2) is 7.73. The van der Waals surface area contributed by atoms with Crippen LogP contribution in [0.2, 0.25) is 0 Å². The van der Waals surface area contributed by atoms with Crippen LogP contribution < -0.4 is 0 Å². The number of rotatable bonds is 6. The van der Waals surface area contributed by atoms with Crippen LogP contribution >= 0.6 is 0 Å². The Kier molecular flexibility index (Phi) is 5.25. The zero-order valence-corrected chi connectivity index (χ0v) is 18.6. The van der Waals surface area contributed by atoms with E-state index in [1.165, 1.54) is 0 Å². The minimum atomic E-state index is -0.915. The van der Waals surface area contributed by atoms with E-state index >= 15 is 0 Å². The van der Waals surface area contributed by atoms with Crippen molar-refractivity contribution >= 4 is 23.8 Å². The molecule has 4 saturated carbocycles. The van der Waals surface area contributed by atoms with Crippen LogP contribution in [0.5, 0.6) is 0 Å². The first-order valence-electron chi connectivity index (χ1n) is 12.2. The summed E-state index contributed by atoms with van der Waals surface area (Å²) in [7, 11) is 0. The highest BCUT2D eigenvalue weighted by Gasteiger charge is 2.59. The Labute approximate surface area is 188 Å². The lowest BCUT2D eigenvalue weighted by Gasteiger charge is -2.62. The Morgan fingerprint density at radius 3 is 1.50 bits per heavy atom. The molecule has 2 N–H and O–H groups in total. The highest BCUT2D eigenvalue weighted by atomic mass is 16.4.